The number of allylic oxidation sites excluding steroid dienone is 6. The molecule has 2 aliphatic heterocycles. The van der Waals surface area contributed by atoms with Gasteiger partial charge in [-0.1, -0.05) is 48.0 Å². The first-order valence-corrected chi connectivity index (χ1v) is 16.0. The van der Waals surface area contributed by atoms with Crippen molar-refractivity contribution in [3.05, 3.63) is 93.0 Å². The molecule has 4 atom stereocenters. The molecule has 0 saturated carbocycles. The molecule has 0 aromatic heterocycles. The molecular formula is C35H33BrN2O6. The monoisotopic (exact) mass is 656 g/mol. The molecule has 4 unspecified atom stereocenters. The van der Waals surface area contributed by atoms with Crippen molar-refractivity contribution in [3.8, 4) is 11.5 Å². The lowest BCUT2D eigenvalue weighted by Gasteiger charge is -2.42. The van der Waals surface area contributed by atoms with E-state index in [0.29, 0.717) is 28.9 Å². The number of halogens is 1. The summed E-state index contributed by atoms with van der Waals surface area (Å²) in [7, 11) is 1.49. The Kier molecular flexibility index (Phi) is 7.41. The van der Waals surface area contributed by atoms with Crippen molar-refractivity contribution in [2.75, 3.05) is 20.2 Å². The highest BCUT2D eigenvalue weighted by Gasteiger charge is 2.57. The Morgan fingerprint density at radius 1 is 0.977 bits per heavy atom. The number of amides is 2. The van der Waals surface area contributed by atoms with E-state index in [-0.39, 0.29) is 46.1 Å². The van der Waals surface area contributed by atoms with Crippen LogP contribution < -0.4 is 4.74 Å². The van der Waals surface area contributed by atoms with Gasteiger partial charge < -0.3 is 9.84 Å². The van der Waals surface area contributed by atoms with Crippen molar-refractivity contribution in [3.63, 3.8) is 0 Å². The highest BCUT2D eigenvalue weighted by atomic mass is 79.9. The van der Waals surface area contributed by atoms with Gasteiger partial charge in [0.2, 0.25) is 11.8 Å². The number of carbonyl (C=O) groups is 4. The Labute approximate surface area is 264 Å². The number of benzene rings is 2. The minimum Gasteiger partial charge on any atom is -0.508 e. The molecular weight excluding hydrogens is 624 g/mol. The van der Waals surface area contributed by atoms with E-state index in [4.69, 9.17) is 4.74 Å². The lowest BCUT2D eigenvalue weighted by molar-refractivity contribution is -0.144. The number of hydrogen-bond acceptors (Lipinski definition) is 7. The van der Waals surface area contributed by atoms with Gasteiger partial charge in [0, 0.05) is 60.4 Å². The van der Waals surface area contributed by atoms with Crippen molar-refractivity contribution in [1.29, 1.82) is 0 Å². The number of likely N-dealkylation sites (tertiary alicyclic amines) is 2. The van der Waals surface area contributed by atoms with E-state index in [2.05, 4.69) is 33.0 Å². The summed E-state index contributed by atoms with van der Waals surface area (Å²) in [5.74, 6) is -2.57. The van der Waals surface area contributed by atoms with E-state index in [9.17, 15) is 24.3 Å². The predicted molar refractivity (Wildman–Crippen MR) is 166 cm³/mol. The zero-order valence-electron chi connectivity index (χ0n) is 24.4. The average molecular weight is 658 g/mol. The molecule has 2 aromatic carbocycles. The van der Waals surface area contributed by atoms with E-state index in [1.807, 2.05) is 24.3 Å². The summed E-state index contributed by atoms with van der Waals surface area (Å²) in [5.41, 5.74) is 3.50. The topological polar surface area (TPSA) is 104 Å². The lowest BCUT2D eigenvalue weighted by Crippen LogP contribution is -2.47. The molecule has 44 heavy (non-hydrogen) atoms. The van der Waals surface area contributed by atoms with Gasteiger partial charge in [-0.3, -0.25) is 29.0 Å². The molecule has 5 aliphatic rings. The van der Waals surface area contributed by atoms with Gasteiger partial charge in [-0.2, -0.15) is 0 Å². The van der Waals surface area contributed by atoms with Crippen LogP contribution in [0, 0.1) is 17.8 Å². The van der Waals surface area contributed by atoms with Gasteiger partial charge in [0.25, 0.3) is 0 Å². The van der Waals surface area contributed by atoms with Gasteiger partial charge in [0.1, 0.15) is 11.5 Å². The van der Waals surface area contributed by atoms with Gasteiger partial charge in [-0.15, -0.1) is 0 Å². The van der Waals surface area contributed by atoms with Crippen molar-refractivity contribution in [2.45, 2.75) is 44.2 Å². The largest absolute Gasteiger partial charge is 0.508 e. The normalized spacial score (nSPS) is 27.5. The summed E-state index contributed by atoms with van der Waals surface area (Å²) >= 11 is 3.27. The van der Waals surface area contributed by atoms with E-state index in [1.165, 1.54) is 35.8 Å². The Morgan fingerprint density at radius 2 is 1.73 bits per heavy atom. The van der Waals surface area contributed by atoms with Gasteiger partial charge in [-0.25, -0.2) is 0 Å². The number of piperidine rings is 1. The van der Waals surface area contributed by atoms with E-state index in [0.717, 1.165) is 38.0 Å². The van der Waals surface area contributed by atoms with Gasteiger partial charge in [0.05, 0.1) is 23.4 Å². The second kappa shape index (κ2) is 11.3. The van der Waals surface area contributed by atoms with E-state index >= 15 is 0 Å². The first-order valence-electron chi connectivity index (χ1n) is 15.2. The van der Waals surface area contributed by atoms with Crippen LogP contribution in [0.5, 0.6) is 11.5 Å². The third kappa shape index (κ3) is 4.68. The zero-order valence-corrected chi connectivity index (χ0v) is 26.0. The SMILES string of the molecule is COc1cc(O)ccc1C1C2=CCC3C(=O)N(C4CCN(Cc5ccccc5)CC4)C(=O)C3C2CC2=C1C(=O)C=C(Br)C2=O. The van der Waals surface area contributed by atoms with Crippen LogP contribution in [-0.4, -0.2) is 64.5 Å². The molecule has 8 nitrogen and oxygen atoms in total. The number of Topliss-reactive ketones (excluding diaryl/α,β-unsaturated/α-hetero) is 1. The van der Waals surface area contributed by atoms with Gasteiger partial charge in [0.15, 0.2) is 11.6 Å². The number of ketones is 2. The van der Waals surface area contributed by atoms with Crippen molar-refractivity contribution < 1.29 is 29.0 Å². The summed E-state index contributed by atoms with van der Waals surface area (Å²) in [6, 6.07) is 14.9. The quantitative estimate of drug-likeness (QED) is 0.279. The number of phenolic OH excluding ortho intramolecular Hbond substituents is 1. The molecule has 2 fully saturated rings. The molecule has 9 heteroatoms. The Balaban J connectivity index is 1.20. The Morgan fingerprint density at radius 3 is 2.45 bits per heavy atom. The number of rotatable bonds is 5. The van der Waals surface area contributed by atoms with Crippen LogP contribution >= 0.6 is 15.9 Å². The van der Waals surface area contributed by atoms with Gasteiger partial charge >= 0.3 is 0 Å². The summed E-state index contributed by atoms with van der Waals surface area (Å²) < 4.78 is 5.82. The fraction of sp³-hybridized carbons (Fsp3) is 0.371. The number of phenols is 1. The molecule has 7 rings (SSSR count). The number of methoxy groups -OCH3 is 1. The molecule has 1 N–H and O–H groups in total. The van der Waals surface area contributed by atoms with Crippen LogP contribution in [0.25, 0.3) is 0 Å². The number of hydrogen-bond donors (Lipinski definition) is 1. The zero-order chi connectivity index (χ0) is 30.7. The smallest absolute Gasteiger partial charge is 0.233 e. The predicted octanol–water partition coefficient (Wildman–Crippen LogP) is 4.83. The molecule has 0 radical (unpaired) electrons. The standard InChI is InChI=1S/C35H33BrN2O6/c1-44-29-15-21(39)7-8-23(29)30-22-9-10-24-31(25(22)16-26-32(30)28(40)17-27(36)33(26)41)35(43)38(34(24)42)20-11-13-37(14-12-20)18-19-5-3-2-4-6-19/h2-9,15,17,20,24-25,30-31,39H,10-14,16,18H2,1H3. The lowest BCUT2D eigenvalue weighted by atomic mass is 9.59. The number of carbonyl (C=O) groups excluding carboxylic acids is 4. The fourth-order valence-electron chi connectivity index (χ4n) is 8.06. The third-order valence-electron chi connectivity index (χ3n) is 10.1. The minimum absolute atomic E-state index is 0.0144. The summed E-state index contributed by atoms with van der Waals surface area (Å²) in [6.07, 6.45) is 5.38. The summed E-state index contributed by atoms with van der Waals surface area (Å²) in [6.45, 7) is 2.44. The van der Waals surface area contributed by atoms with Crippen LogP contribution in [-0.2, 0) is 25.7 Å². The molecule has 2 aromatic rings. The second-order valence-electron chi connectivity index (χ2n) is 12.4. The Bertz CT molecular complexity index is 1670. The maximum absolute atomic E-state index is 14.3. The van der Waals surface area contributed by atoms with Crippen molar-refractivity contribution >= 4 is 39.3 Å². The maximum atomic E-state index is 14.3. The van der Waals surface area contributed by atoms with Crippen LogP contribution in [0.1, 0.15) is 42.7 Å². The highest BCUT2D eigenvalue weighted by molar-refractivity contribution is 9.12. The third-order valence-corrected chi connectivity index (χ3v) is 10.7. The van der Waals surface area contributed by atoms with Crippen molar-refractivity contribution in [2.24, 2.45) is 17.8 Å². The maximum Gasteiger partial charge on any atom is 0.233 e. The van der Waals surface area contributed by atoms with Crippen LogP contribution in [0.3, 0.4) is 0 Å². The number of aromatic hydroxyl groups is 1. The molecule has 3 aliphatic carbocycles. The molecule has 2 amide bonds. The molecule has 0 spiro atoms. The molecule has 2 saturated heterocycles. The number of nitrogens with zero attached hydrogens (tertiary/aromatic N) is 2. The van der Waals surface area contributed by atoms with Crippen LogP contribution in [0.2, 0.25) is 0 Å². The Hall–Kier alpha value is -3.82. The van der Waals surface area contributed by atoms with Crippen molar-refractivity contribution in [1.82, 2.24) is 9.80 Å². The first-order chi connectivity index (χ1) is 21.3. The van der Waals surface area contributed by atoms with Gasteiger partial charge in [-0.05, 0) is 59.2 Å². The van der Waals surface area contributed by atoms with E-state index in [1.54, 1.807) is 6.07 Å². The summed E-state index contributed by atoms with van der Waals surface area (Å²) in [5, 5.41) is 10.2. The van der Waals surface area contributed by atoms with E-state index < -0.39 is 23.7 Å². The number of fused-ring (bicyclic) bond motifs is 3. The number of ether oxygens (including phenoxy) is 1. The fourth-order valence-corrected chi connectivity index (χ4v) is 8.51. The number of imide groups is 1. The summed E-state index contributed by atoms with van der Waals surface area (Å²) in [4.78, 5) is 59.1. The molecule has 226 valence electrons. The molecule has 2 heterocycles. The highest BCUT2D eigenvalue weighted by Crippen LogP contribution is 2.56. The average Bonchev–Trinajstić information content (AvgIpc) is 3.29. The minimum atomic E-state index is -0.633. The second-order valence-corrected chi connectivity index (χ2v) is 13.2. The first kappa shape index (κ1) is 28.9. The van der Waals surface area contributed by atoms with Crippen LogP contribution in [0.4, 0.5) is 0 Å². The molecule has 0 bridgehead atoms. The van der Waals surface area contributed by atoms with Crippen LogP contribution in [0.15, 0.2) is 81.9 Å².